The number of nitrogens with one attached hydrogen (secondary N) is 1. The molecule has 1 N–H and O–H groups in total. The van der Waals surface area contributed by atoms with E-state index in [4.69, 9.17) is 0 Å². The molecule has 0 saturated heterocycles. The van der Waals surface area contributed by atoms with Gasteiger partial charge in [0.2, 0.25) is 0 Å². The predicted molar refractivity (Wildman–Crippen MR) is 33.4 cm³/mol. The van der Waals surface area contributed by atoms with Gasteiger partial charge in [-0.25, -0.2) is 0 Å². The normalized spacial score (nSPS) is 9.12. The summed E-state index contributed by atoms with van der Waals surface area (Å²) in [7, 11) is 0. The fourth-order valence-corrected chi connectivity index (χ4v) is 0.672. The minimum absolute atomic E-state index is 0.565. The third kappa shape index (κ3) is 0.924. The number of hydrogen-bond acceptors (Lipinski definition) is 2. The smallest absolute Gasteiger partial charge is 0.166 e. The first-order valence-corrected chi connectivity index (χ1v) is 2.60. The Hall–Kier alpha value is -0.700. The average Bonchev–Trinajstić information content (AvgIpc) is 2.14. The van der Waals surface area contributed by atoms with E-state index in [9.17, 15) is 4.79 Å². The first-order chi connectivity index (χ1) is 3.83. The molecule has 0 spiro atoms. The van der Waals surface area contributed by atoms with Gasteiger partial charge in [0.05, 0.1) is 5.69 Å². The SMILES string of the molecule is O=Cc1cc(S)c[nH]1. The second-order valence-corrected chi connectivity index (χ2v) is 1.95. The second kappa shape index (κ2) is 2.05. The zero-order chi connectivity index (χ0) is 5.98. The fraction of sp³-hybridized carbons (Fsp3) is 0. The summed E-state index contributed by atoms with van der Waals surface area (Å²) in [4.78, 5) is 13.4. The molecule has 2 nitrogen and oxygen atoms in total. The van der Waals surface area contributed by atoms with Crippen molar-refractivity contribution in [3.05, 3.63) is 18.0 Å². The van der Waals surface area contributed by atoms with Crippen LogP contribution in [-0.4, -0.2) is 11.3 Å². The van der Waals surface area contributed by atoms with Gasteiger partial charge in [-0.05, 0) is 6.07 Å². The number of carbonyl (C=O) groups is 1. The molecule has 0 amide bonds. The number of aromatic nitrogens is 1. The Balaban J connectivity index is 3.00. The largest absolute Gasteiger partial charge is 0.358 e. The standard InChI is InChI=1S/C5H5NOS/c7-3-4-1-5(8)2-6-4/h1-3,6,8H. The van der Waals surface area contributed by atoms with Crippen LogP contribution in [0.4, 0.5) is 0 Å². The van der Waals surface area contributed by atoms with Crippen LogP contribution in [-0.2, 0) is 0 Å². The van der Waals surface area contributed by atoms with Gasteiger partial charge in [0, 0.05) is 11.1 Å². The van der Waals surface area contributed by atoms with Crippen molar-refractivity contribution in [2.45, 2.75) is 4.90 Å². The zero-order valence-electron chi connectivity index (χ0n) is 4.09. The van der Waals surface area contributed by atoms with Gasteiger partial charge in [-0.2, -0.15) is 0 Å². The predicted octanol–water partition coefficient (Wildman–Crippen LogP) is 1.12. The molecule has 3 heteroatoms. The summed E-state index contributed by atoms with van der Waals surface area (Å²) in [6, 6.07) is 1.66. The van der Waals surface area contributed by atoms with Crippen LogP contribution in [0.2, 0.25) is 0 Å². The Labute approximate surface area is 52.3 Å². The van der Waals surface area contributed by atoms with E-state index in [-0.39, 0.29) is 0 Å². The van der Waals surface area contributed by atoms with E-state index in [0.717, 1.165) is 11.2 Å². The quantitative estimate of drug-likeness (QED) is 0.430. The van der Waals surface area contributed by atoms with Crippen LogP contribution in [0.25, 0.3) is 0 Å². The number of hydrogen-bond donors (Lipinski definition) is 2. The van der Waals surface area contributed by atoms with Gasteiger partial charge < -0.3 is 4.98 Å². The Morgan fingerprint density at radius 3 is 2.75 bits per heavy atom. The number of carbonyl (C=O) groups excluding carboxylic acids is 1. The number of aldehydes is 1. The minimum Gasteiger partial charge on any atom is -0.358 e. The van der Waals surface area contributed by atoms with Gasteiger partial charge in [-0.15, -0.1) is 12.6 Å². The van der Waals surface area contributed by atoms with Crippen molar-refractivity contribution in [2.75, 3.05) is 0 Å². The summed E-state index contributed by atoms with van der Waals surface area (Å²) in [5, 5.41) is 0. The molecule has 0 bridgehead atoms. The Morgan fingerprint density at radius 2 is 2.50 bits per heavy atom. The molecule has 0 atom stereocenters. The summed E-state index contributed by atoms with van der Waals surface area (Å²) in [5.41, 5.74) is 0.565. The van der Waals surface area contributed by atoms with Gasteiger partial charge in [0.25, 0.3) is 0 Å². The summed E-state index contributed by atoms with van der Waals surface area (Å²) in [5.74, 6) is 0. The van der Waals surface area contributed by atoms with E-state index in [0.29, 0.717) is 5.69 Å². The van der Waals surface area contributed by atoms with Gasteiger partial charge in [-0.1, -0.05) is 0 Å². The van der Waals surface area contributed by atoms with Crippen LogP contribution in [0, 0.1) is 0 Å². The van der Waals surface area contributed by atoms with Crippen LogP contribution in [0.15, 0.2) is 17.2 Å². The van der Waals surface area contributed by atoms with Crippen LogP contribution < -0.4 is 0 Å². The highest BCUT2D eigenvalue weighted by Crippen LogP contribution is 2.04. The van der Waals surface area contributed by atoms with Crippen molar-refractivity contribution in [3.63, 3.8) is 0 Å². The molecule has 0 aliphatic rings. The van der Waals surface area contributed by atoms with E-state index in [1.54, 1.807) is 12.3 Å². The Bertz CT molecular complexity index is 194. The summed E-state index contributed by atoms with van der Waals surface area (Å²) in [6.45, 7) is 0. The zero-order valence-corrected chi connectivity index (χ0v) is 4.98. The molecule has 0 saturated carbocycles. The minimum atomic E-state index is 0.565. The topological polar surface area (TPSA) is 32.9 Å². The Kier molecular flexibility index (Phi) is 1.39. The molecule has 1 aromatic heterocycles. The highest BCUT2D eigenvalue weighted by atomic mass is 32.1. The molecule has 42 valence electrons. The fourth-order valence-electron chi connectivity index (χ4n) is 0.468. The first kappa shape index (κ1) is 5.44. The van der Waals surface area contributed by atoms with E-state index in [1.165, 1.54) is 0 Å². The van der Waals surface area contributed by atoms with Crippen LogP contribution >= 0.6 is 12.6 Å². The molecule has 0 fully saturated rings. The van der Waals surface area contributed by atoms with E-state index in [2.05, 4.69) is 17.6 Å². The van der Waals surface area contributed by atoms with Gasteiger partial charge in [0.1, 0.15) is 0 Å². The maximum atomic E-state index is 9.95. The van der Waals surface area contributed by atoms with Crippen LogP contribution in [0.3, 0.4) is 0 Å². The lowest BCUT2D eigenvalue weighted by Crippen LogP contribution is -1.72. The number of thiol groups is 1. The highest BCUT2D eigenvalue weighted by molar-refractivity contribution is 7.80. The Morgan fingerprint density at radius 1 is 1.75 bits per heavy atom. The van der Waals surface area contributed by atoms with Gasteiger partial charge in [0.15, 0.2) is 6.29 Å². The lowest BCUT2D eigenvalue weighted by atomic mass is 10.5. The third-order valence-corrected chi connectivity index (χ3v) is 1.08. The molecule has 0 unspecified atom stereocenters. The number of rotatable bonds is 1. The molecule has 0 radical (unpaired) electrons. The molecule has 1 heterocycles. The van der Waals surface area contributed by atoms with Crippen LogP contribution in [0.1, 0.15) is 10.5 Å². The second-order valence-electron chi connectivity index (χ2n) is 1.43. The molecular weight excluding hydrogens is 122 g/mol. The monoisotopic (exact) mass is 127 g/mol. The third-order valence-electron chi connectivity index (χ3n) is 0.817. The van der Waals surface area contributed by atoms with E-state index >= 15 is 0 Å². The first-order valence-electron chi connectivity index (χ1n) is 2.15. The maximum absolute atomic E-state index is 9.95. The summed E-state index contributed by atoms with van der Waals surface area (Å²) < 4.78 is 0. The van der Waals surface area contributed by atoms with Gasteiger partial charge in [-0.3, -0.25) is 4.79 Å². The molecule has 8 heavy (non-hydrogen) atoms. The number of aromatic amines is 1. The van der Waals surface area contributed by atoms with E-state index in [1.807, 2.05) is 0 Å². The molecular formula is C5H5NOS. The van der Waals surface area contributed by atoms with Crippen molar-refractivity contribution in [1.29, 1.82) is 0 Å². The van der Waals surface area contributed by atoms with Crippen molar-refractivity contribution in [3.8, 4) is 0 Å². The number of H-pyrrole nitrogens is 1. The van der Waals surface area contributed by atoms with Crippen molar-refractivity contribution >= 4 is 18.9 Å². The molecule has 0 aliphatic heterocycles. The molecule has 1 aromatic rings. The van der Waals surface area contributed by atoms with Crippen LogP contribution in [0.5, 0.6) is 0 Å². The average molecular weight is 127 g/mol. The molecule has 1 rings (SSSR count). The van der Waals surface area contributed by atoms with Crippen molar-refractivity contribution in [2.24, 2.45) is 0 Å². The lowest BCUT2D eigenvalue weighted by molar-refractivity contribution is 0.111. The van der Waals surface area contributed by atoms with Gasteiger partial charge >= 0.3 is 0 Å². The van der Waals surface area contributed by atoms with Crippen molar-refractivity contribution < 1.29 is 4.79 Å². The molecule has 0 aromatic carbocycles. The van der Waals surface area contributed by atoms with E-state index < -0.39 is 0 Å². The van der Waals surface area contributed by atoms with Crippen molar-refractivity contribution in [1.82, 2.24) is 4.98 Å². The summed E-state index contributed by atoms with van der Waals surface area (Å²) in [6.07, 6.45) is 2.41. The lowest BCUT2D eigenvalue weighted by Gasteiger charge is -1.70. The maximum Gasteiger partial charge on any atom is 0.166 e. The summed E-state index contributed by atoms with van der Waals surface area (Å²) >= 11 is 3.97. The molecule has 0 aliphatic carbocycles. The highest BCUT2D eigenvalue weighted by Gasteiger charge is 1.89.